The smallest absolute Gasteiger partial charge is 0.249 e. The molecule has 5 rings (SSSR count). The van der Waals surface area contributed by atoms with E-state index in [1.165, 1.54) is 0 Å². The van der Waals surface area contributed by atoms with Gasteiger partial charge in [0.2, 0.25) is 11.9 Å². The summed E-state index contributed by atoms with van der Waals surface area (Å²) in [6, 6.07) is 5.31. The zero-order chi connectivity index (χ0) is 21.4. The number of alkyl halides is 2. The van der Waals surface area contributed by atoms with Gasteiger partial charge in [-0.2, -0.15) is 5.10 Å². The molecule has 1 aliphatic carbocycles. The first-order valence-corrected chi connectivity index (χ1v) is 10.4. The fourth-order valence-electron chi connectivity index (χ4n) is 4.38. The van der Waals surface area contributed by atoms with E-state index in [1.807, 2.05) is 11.0 Å². The Bertz CT molecular complexity index is 1050. The van der Waals surface area contributed by atoms with Crippen molar-refractivity contribution in [2.24, 2.45) is 0 Å². The van der Waals surface area contributed by atoms with E-state index < -0.39 is 5.92 Å². The van der Waals surface area contributed by atoms with Gasteiger partial charge in [0, 0.05) is 55.3 Å². The van der Waals surface area contributed by atoms with Crippen LogP contribution in [0.2, 0.25) is 0 Å². The third kappa shape index (κ3) is 5.51. The number of benzene rings is 1. The van der Waals surface area contributed by atoms with Crippen LogP contribution >= 0.6 is 24.8 Å². The first kappa shape index (κ1) is 25.1. The molecule has 0 spiro atoms. The van der Waals surface area contributed by atoms with Crippen molar-refractivity contribution in [1.29, 1.82) is 0 Å². The lowest BCUT2D eigenvalue weighted by atomic mass is 10.0. The number of H-pyrrole nitrogens is 1. The molecule has 3 aromatic rings. The van der Waals surface area contributed by atoms with Gasteiger partial charge in [0.25, 0.3) is 0 Å². The maximum absolute atomic E-state index is 13.4. The van der Waals surface area contributed by atoms with Crippen molar-refractivity contribution in [2.45, 2.75) is 43.7 Å². The number of nitrogens with one attached hydrogen (secondary N) is 2. The molecule has 3 N–H and O–H groups in total. The summed E-state index contributed by atoms with van der Waals surface area (Å²) in [6.07, 6.45) is 6.27. The second-order valence-corrected chi connectivity index (χ2v) is 8.26. The molecule has 1 aliphatic heterocycles. The summed E-state index contributed by atoms with van der Waals surface area (Å²) in [7, 11) is 0. The quantitative estimate of drug-likeness (QED) is 0.489. The highest BCUT2D eigenvalue weighted by Crippen LogP contribution is 2.35. The lowest BCUT2D eigenvalue weighted by molar-refractivity contribution is 0.00666. The summed E-state index contributed by atoms with van der Waals surface area (Å²) in [5.41, 5.74) is 2.73. The Morgan fingerprint density at radius 1 is 1.09 bits per heavy atom. The van der Waals surface area contributed by atoms with Gasteiger partial charge in [-0.05, 0) is 30.5 Å². The third-order valence-corrected chi connectivity index (χ3v) is 6.00. The summed E-state index contributed by atoms with van der Waals surface area (Å²) >= 11 is 0. The van der Waals surface area contributed by atoms with E-state index in [1.54, 1.807) is 30.7 Å². The van der Waals surface area contributed by atoms with Crippen LogP contribution in [0.3, 0.4) is 0 Å². The Labute approximate surface area is 202 Å². The number of hydrogen-bond acceptors (Lipinski definition) is 7. The summed E-state index contributed by atoms with van der Waals surface area (Å²) in [5.74, 6) is -1.96. The van der Waals surface area contributed by atoms with Crippen LogP contribution in [0.5, 0.6) is 5.75 Å². The Morgan fingerprint density at radius 2 is 1.94 bits per heavy atom. The molecule has 2 aliphatic rings. The SMILES string of the molecule is Cl.Cl.Oc1cc(-c2cn[nH]c2)ccc1-c1cnc(N2CCC(NC3CCC(F)(F)C3)C2)nn1. The highest BCUT2D eigenvalue weighted by molar-refractivity contribution is 5.85. The van der Waals surface area contributed by atoms with Crippen molar-refractivity contribution in [3.63, 3.8) is 0 Å². The van der Waals surface area contributed by atoms with Crippen molar-refractivity contribution in [1.82, 2.24) is 30.7 Å². The van der Waals surface area contributed by atoms with Crippen LogP contribution < -0.4 is 10.2 Å². The van der Waals surface area contributed by atoms with Crippen LogP contribution in [0, 0.1) is 0 Å². The molecule has 2 aromatic heterocycles. The van der Waals surface area contributed by atoms with Crippen LogP contribution in [0.25, 0.3) is 22.4 Å². The van der Waals surface area contributed by atoms with E-state index in [-0.39, 0.29) is 55.5 Å². The maximum Gasteiger partial charge on any atom is 0.249 e. The summed E-state index contributed by atoms with van der Waals surface area (Å²) in [4.78, 5) is 6.42. The van der Waals surface area contributed by atoms with Gasteiger partial charge in [0.05, 0.1) is 12.4 Å². The highest BCUT2D eigenvalue weighted by atomic mass is 35.5. The van der Waals surface area contributed by atoms with Gasteiger partial charge in [0.15, 0.2) is 0 Å². The van der Waals surface area contributed by atoms with E-state index in [4.69, 9.17) is 0 Å². The van der Waals surface area contributed by atoms with Gasteiger partial charge in [-0.3, -0.25) is 5.10 Å². The molecule has 12 heteroatoms. The van der Waals surface area contributed by atoms with E-state index in [0.717, 1.165) is 24.1 Å². The molecule has 3 heterocycles. The standard InChI is InChI=1S/C21H23F2N7O.2ClH/c22-21(23)5-3-15(8-21)27-16-4-6-30(12-16)20-24-11-18(28-29-20)17-2-1-13(7-19(17)31)14-9-25-26-10-14;;/h1-2,7,9-11,15-16,27,31H,3-6,8,12H2,(H,25,26);2*1H. The first-order valence-electron chi connectivity index (χ1n) is 10.4. The number of aromatic amines is 1. The maximum atomic E-state index is 13.4. The lowest BCUT2D eigenvalue weighted by Crippen LogP contribution is -2.39. The van der Waals surface area contributed by atoms with Gasteiger partial charge in [0.1, 0.15) is 11.4 Å². The minimum absolute atomic E-state index is 0. The molecule has 2 atom stereocenters. The van der Waals surface area contributed by atoms with Crippen LogP contribution in [0.4, 0.5) is 14.7 Å². The number of aromatic hydroxyl groups is 1. The summed E-state index contributed by atoms with van der Waals surface area (Å²) in [6.45, 7) is 1.40. The Balaban J connectivity index is 0.00000153. The second-order valence-electron chi connectivity index (χ2n) is 8.26. The topological polar surface area (TPSA) is 103 Å². The average Bonchev–Trinajstić information content (AvgIpc) is 3.50. The van der Waals surface area contributed by atoms with Crippen LogP contribution in [0.15, 0.2) is 36.8 Å². The molecule has 2 fully saturated rings. The van der Waals surface area contributed by atoms with Gasteiger partial charge >= 0.3 is 0 Å². The van der Waals surface area contributed by atoms with Crippen LogP contribution in [0.1, 0.15) is 25.7 Å². The van der Waals surface area contributed by atoms with E-state index in [2.05, 4.69) is 30.7 Å². The number of rotatable bonds is 5. The predicted molar refractivity (Wildman–Crippen MR) is 125 cm³/mol. The van der Waals surface area contributed by atoms with E-state index in [9.17, 15) is 13.9 Å². The van der Waals surface area contributed by atoms with Crippen LogP contribution in [-0.2, 0) is 0 Å². The van der Waals surface area contributed by atoms with Crippen molar-refractivity contribution in [3.8, 4) is 28.1 Å². The average molecular weight is 500 g/mol. The molecule has 8 nitrogen and oxygen atoms in total. The third-order valence-electron chi connectivity index (χ3n) is 6.00. The number of halogens is 4. The Kier molecular flexibility index (Phi) is 7.71. The second kappa shape index (κ2) is 10.1. The Morgan fingerprint density at radius 3 is 2.58 bits per heavy atom. The van der Waals surface area contributed by atoms with Gasteiger partial charge < -0.3 is 15.3 Å². The molecule has 2 unspecified atom stereocenters. The molecular weight excluding hydrogens is 475 g/mol. The minimum atomic E-state index is -2.54. The van der Waals surface area contributed by atoms with Gasteiger partial charge in [-0.15, -0.1) is 35.0 Å². The molecule has 0 radical (unpaired) electrons. The Hall–Kier alpha value is -2.56. The molecule has 1 aromatic carbocycles. The van der Waals surface area contributed by atoms with Gasteiger partial charge in [-0.25, -0.2) is 13.8 Å². The molecule has 1 saturated carbocycles. The lowest BCUT2D eigenvalue weighted by Gasteiger charge is -2.20. The first-order chi connectivity index (χ1) is 15.0. The van der Waals surface area contributed by atoms with Crippen LogP contribution in [-0.4, -0.2) is 61.6 Å². The normalized spacial score (nSPS) is 21.5. The zero-order valence-electron chi connectivity index (χ0n) is 17.6. The zero-order valence-corrected chi connectivity index (χ0v) is 19.3. The molecular formula is C21H25Cl2F2N7O. The van der Waals surface area contributed by atoms with E-state index >= 15 is 0 Å². The largest absolute Gasteiger partial charge is 0.507 e. The molecule has 0 bridgehead atoms. The number of phenolic OH excluding ortho intramolecular Hbond substituents is 1. The van der Waals surface area contributed by atoms with Crippen molar-refractivity contribution in [3.05, 3.63) is 36.8 Å². The molecule has 0 amide bonds. The van der Waals surface area contributed by atoms with Crippen molar-refractivity contribution < 1.29 is 13.9 Å². The monoisotopic (exact) mass is 499 g/mol. The number of aromatic nitrogens is 5. The highest BCUT2D eigenvalue weighted by Gasteiger charge is 2.40. The number of hydrogen-bond donors (Lipinski definition) is 3. The van der Waals surface area contributed by atoms with E-state index in [0.29, 0.717) is 30.2 Å². The fraction of sp³-hybridized carbons (Fsp3) is 0.429. The van der Waals surface area contributed by atoms with Crippen molar-refractivity contribution in [2.75, 3.05) is 18.0 Å². The minimum Gasteiger partial charge on any atom is -0.507 e. The number of nitrogens with zero attached hydrogens (tertiary/aromatic N) is 5. The van der Waals surface area contributed by atoms with Crippen molar-refractivity contribution >= 4 is 30.8 Å². The number of phenols is 1. The molecule has 1 saturated heterocycles. The van der Waals surface area contributed by atoms with Gasteiger partial charge in [-0.1, -0.05) is 6.07 Å². The fourth-order valence-corrected chi connectivity index (χ4v) is 4.38. The molecule has 178 valence electrons. The number of anilines is 1. The summed E-state index contributed by atoms with van der Waals surface area (Å²) < 4.78 is 26.8. The predicted octanol–water partition coefficient (Wildman–Crippen LogP) is 3.83. The molecule has 33 heavy (non-hydrogen) atoms. The summed E-state index contributed by atoms with van der Waals surface area (Å²) in [5, 5.41) is 28.9.